The number of carbonyl (C=O) groups is 2. The number of hydrogen-bond donors (Lipinski definition) is 1. The van der Waals surface area contributed by atoms with Gasteiger partial charge in [0.25, 0.3) is 0 Å². The van der Waals surface area contributed by atoms with Gasteiger partial charge in [0.05, 0.1) is 27.7 Å². The Kier molecular flexibility index (Phi) is 34.0. The predicted molar refractivity (Wildman–Crippen MR) is 224 cm³/mol. The molecule has 1 N–H and O–H groups in total. The molecule has 0 spiro atoms. The third-order valence-corrected chi connectivity index (χ3v) is 9.00. The molecule has 10 heteroatoms. The van der Waals surface area contributed by atoms with Crippen molar-refractivity contribution in [2.45, 2.75) is 136 Å². The molecular formula is C44H75NO8P+. The second kappa shape index (κ2) is 35.9. The minimum Gasteiger partial charge on any atom is -0.462 e. The highest BCUT2D eigenvalue weighted by Crippen LogP contribution is 2.43. The van der Waals surface area contributed by atoms with Crippen molar-refractivity contribution >= 4 is 19.8 Å². The van der Waals surface area contributed by atoms with Crippen LogP contribution in [0.5, 0.6) is 0 Å². The van der Waals surface area contributed by atoms with Crippen LogP contribution < -0.4 is 0 Å². The molecule has 1 unspecified atom stereocenters. The van der Waals surface area contributed by atoms with Gasteiger partial charge >= 0.3 is 19.8 Å². The number of unbranched alkanes of at least 4 members (excludes halogenated alkanes) is 10. The van der Waals surface area contributed by atoms with Crippen molar-refractivity contribution in [3.8, 4) is 0 Å². The number of nitrogens with zero attached hydrogens (tertiary/aromatic N) is 1. The number of carbonyl (C=O) groups excluding carboxylic acids is 2. The Balaban J connectivity index is 4.50. The van der Waals surface area contributed by atoms with Gasteiger partial charge < -0.3 is 18.9 Å². The number of likely N-dealkylation sites (N-methyl/N-ethyl adjacent to an activating group) is 1. The number of esters is 2. The number of quaternary nitrogens is 1. The van der Waals surface area contributed by atoms with Crippen molar-refractivity contribution in [2.24, 2.45) is 0 Å². The summed E-state index contributed by atoms with van der Waals surface area (Å²) in [5.74, 6) is -0.857. The Labute approximate surface area is 329 Å². The second-order valence-electron chi connectivity index (χ2n) is 14.3. The zero-order valence-electron chi connectivity index (χ0n) is 34.4. The fourth-order valence-electron chi connectivity index (χ4n) is 4.86. The lowest BCUT2D eigenvalue weighted by Gasteiger charge is -2.24. The number of rotatable bonds is 35. The smallest absolute Gasteiger partial charge is 0.462 e. The van der Waals surface area contributed by atoms with Crippen molar-refractivity contribution in [1.82, 2.24) is 0 Å². The monoisotopic (exact) mass is 777 g/mol. The first kappa shape index (κ1) is 51.2. The minimum atomic E-state index is -4.39. The standard InChI is InChI=1S/C44H74NO8P/c1-6-8-10-12-14-16-18-20-22-24-26-28-30-32-34-36-43(46)50-40-42(41-52-54(48,49)51-39-38-45(3,4)5)53-44(47)37-35-33-31-29-27-25-23-21-19-17-15-13-11-9-7-2/h8-11,13-17,19-23,42H,6-7,12,18,24-41H2,1-5H3/p+1/b10-8+,11-9+,15-13+,16-14+,19-17+,22-20+,23-21+/t42-/m1/s1. The molecule has 0 aromatic carbocycles. The Hall–Kier alpha value is -2.81. The summed E-state index contributed by atoms with van der Waals surface area (Å²) in [7, 11) is 1.43. The van der Waals surface area contributed by atoms with E-state index in [1.165, 1.54) is 0 Å². The summed E-state index contributed by atoms with van der Waals surface area (Å²) in [5, 5.41) is 0. The van der Waals surface area contributed by atoms with E-state index in [0.29, 0.717) is 23.9 Å². The molecule has 308 valence electrons. The molecule has 0 saturated carbocycles. The van der Waals surface area contributed by atoms with E-state index in [1.807, 2.05) is 51.5 Å². The average Bonchev–Trinajstić information content (AvgIpc) is 3.12. The van der Waals surface area contributed by atoms with E-state index < -0.39 is 32.5 Å². The molecule has 0 aromatic heterocycles. The fourth-order valence-corrected chi connectivity index (χ4v) is 5.60. The van der Waals surface area contributed by atoms with Gasteiger partial charge in [-0.25, -0.2) is 4.57 Å². The highest BCUT2D eigenvalue weighted by molar-refractivity contribution is 7.47. The van der Waals surface area contributed by atoms with E-state index in [2.05, 4.69) is 68.5 Å². The predicted octanol–water partition coefficient (Wildman–Crippen LogP) is 11.2. The number of ether oxygens (including phenoxy) is 2. The van der Waals surface area contributed by atoms with Crippen molar-refractivity contribution in [3.05, 3.63) is 85.1 Å². The SMILES string of the molecule is CC/C=C/C=C/C=C/C=C/CCCCCCCC(=O)O[C@H](COC(=O)CCCCCCC/C=C/C/C=C/C/C=C/CC)COP(=O)(O)OCC[N+](C)(C)C. The lowest BCUT2D eigenvalue weighted by Crippen LogP contribution is -2.37. The molecule has 0 rings (SSSR count). The van der Waals surface area contributed by atoms with E-state index in [1.54, 1.807) is 0 Å². The summed E-state index contributed by atoms with van der Waals surface area (Å²) < 4.78 is 34.2. The maximum absolute atomic E-state index is 12.7. The Morgan fingerprint density at radius 3 is 1.70 bits per heavy atom. The molecular weight excluding hydrogens is 701 g/mol. The van der Waals surface area contributed by atoms with Crippen LogP contribution in [0.1, 0.15) is 129 Å². The first-order chi connectivity index (χ1) is 26.0. The van der Waals surface area contributed by atoms with Gasteiger partial charge in [0, 0.05) is 12.8 Å². The van der Waals surface area contributed by atoms with Gasteiger partial charge in [-0.3, -0.25) is 18.6 Å². The summed E-state index contributed by atoms with van der Waals surface area (Å²) in [6.07, 6.45) is 44.8. The van der Waals surface area contributed by atoms with Crippen LogP contribution in [-0.2, 0) is 32.7 Å². The summed E-state index contributed by atoms with van der Waals surface area (Å²) in [6.45, 7) is 4.09. The summed E-state index contributed by atoms with van der Waals surface area (Å²) >= 11 is 0. The van der Waals surface area contributed by atoms with E-state index in [-0.39, 0.29) is 26.1 Å². The van der Waals surface area contributed by atoms with E-state index >= 15 is 0 Å². The van der Waals surface area contributed by atoms with Crippen LogP contribution in [0.3, 0.4) is 0 Å². The van der Waals surface area contributed by atoms with Crippen LogP contribution in [-0.4, -0.2) is 74.9 Å². The minimum absolute atomic E-state index is 0.0184. The molecule has 9 nitrogen and oxygen atoms in total. The third-order valence-electron chi connectivity index (χ3n) is 8.02. The largest absolute Gasteiger partial charge is 0.472 e. The molecule has 0 radical (unpaired) electrons. The van der Waals surface area contributed by atoms with Crippen molar-refractivity contribution in [3.63, 3.8) is 0 Å². The molecule has 54 heavy (non-hydrogen) atoms. The molecule has 0 fully saturated rings. The Morgan fingerprint density at radius 2 is 1.09 bits per heavy atom. The Bertz CT molecular complexity index is 1200. The highest BCUT2D eigenvalue weighted by atomic mass is 31.2. The maximum Gasteiger partial charge on any atom is 0.472 e. The summed E-state index contributed by atoms with van der Waals surface area (Å²) in [6, 6.07) is 0. The van der Waals surface area contributed by atoms with Crippen LogP contribution >= 0.6 is 7.82 Å². The van der Waals surface area contributed by atoms with Gasteiger partial charge in [-0.2, -0.15) is 0 Å². The highest BCUT2D eigenvalue weighted by Gasteiger charge is 2.27. The number of phosphoric acid groups is 1. The molecule has 0 bridgehead atoms. The van der Waals surface area contributed by atoms with Gasteiger partial charge in [0.15, 0.2) is 6.10 Å². The van der Waals surface area contributed by atoms with E-state index in [0.717, 1.165) is 89.9 Å². The van der Waals surface area contributed by atoms with Crippen LogP contribution in [0.15, 0.2) is 85.1 Å². The molecule has 0 aliphatic rings. The third kappa shape index (κ3) is 38.9. The van der Waals surface area contributed by atoms with Crippen molar-refractivity contribution < 1.29 is 42.1 Å². The number of allylic oxidation sites excluding steroid dienone is 14. The number of hydrogen-bond acceptors (Lipinski definition) is 7. The van der Waals surface area contributed by atoms with Crippen molar-refractivity contribution in [1.29, 1.82) is 0 Å². The van der Waals surface area contributed by atoms with Crippen LogP contribution in [0.25, 0.3) is 0 Å². The molecule has 0 saturated heterocycles. The lowest BCUT2D eigenvalue weighted by molar-refractivity contribution is -0.870. The van der Waals surface area contributed by atoms with Gasteiger partial charge in [-0.15, -0.1) is 0 Å². The molecule has 2 atom stereocenters. The van der Waals surface area contributed by atoms with Crippen LogP contribution in [0.2, 0.25) is 0 Å². The Morgan fingerprint density at radius 1 is 0.593 bits per heavy atom. The molecule has 0 aliphatic carbocycles. The molecule has 0 amide bonds. The zero-order chi connectivity index (χ0) is 40.0. The molecule has 0 aliphatic heterocycles. The van der Waals surface area contributed by atoms with Gasteiger partial charge in [0.1, 0.15) is 19.8 Å². The van der Waals surface area contributed by atoms with Crippen LogP contribution in [0, 0.1) is 0 Å². The molecule has 0 aromatic rings. The first-order valence-corrected chi connectivity index (χ1v) is 21.9. The van der Waals surface area contributed by atoms with Gasteiger partial charge in [0.2, 0.25) is 0 Å². The van der Waals surface area contributed by atoms with E-state index in [4.69, 9.17) is 18.5 Å². The van der Waals surface area contributed by atoms with Gasteiger partial charge in [-0.1, -0.05) is 137 Å². The lowest BCUT2D eigenvalue weighted by atomic mass is 10.1. The van der Waals surface area contributed by atoms with Crippen molar-refractivity contribution in [2.75, 3.05) is 47.5 Å². The second-order valence-corrected chi connectivity index (χ2v) is 15.8. The zero-order valence-corrected chi connectivity index (χ0v) is 35.3. The summed E-state index contributed by atoms with van der Waals surface area (Å²) in [5.41, 5.74) is 0. The fraction of sp³-hybridized carbons (Fsp3) is 0.636. The van der Waals surface area contributed by atoms with Crippen LogP contribution in [0.4, 0.5) is 0 Å². The molecule has 0 heterocycles. The van der Waals surface area contributed by atoms with E-state index in [9.17, 15) is 19.0 Å². The normalized spacial score (nSPS) is 14.6. The first-order valence-electron chi connectivity index (χ1n) is 20.4. The quantitative estimate of drug-likeness (QED) is 0.0169. The number of phosphoric ester groups is 1. The maximum atomic E-state index is 12.7. The average molecular weight is 777 g/mol. The topological polar surface area (TPSA) is 108 Å². The summed E-state index contributed by atoms with van der Waals surface area (Å²) in [4.78, 5) is 35.3. The van der Waals surface area contributed by atoms with Gasteiger partial charge in [-0.05, 0) is 64.2 Å².